The SMILES string of the molecule is C#CCC(CC)c1cc(Cl)c(OC)cc1OC. The Morgan fingerprint density at radius 1 is 1.29 bits per heavy atom. The van der Waals surface area contributed by atoms with Gasteiger partial charge in [0, 0.05) is 12.5 Å². The molecule has 92 valence electrons. The molecular formula is C14H17ClO2. The Hall–Kier alpha value is -1.33. The van der Waals surface area contributed by atoms with Crippen LogP contribution in [0, 0.1) is 12.3 Å². The summed E-state index contributed by atoms with van der Waals surface area (Å²) in [5.41, 5.74) is 1.04. The van der Waals surface area contributed by atoms with Gasteiger partial charge in [0.05, 0.1) is 19.2 Å². The van der Waals surface area contributed by atoms with Crippen molar-refractivity contribution < 1.29 is 9.47 Å². The van der Waals surface area contributed by atoms with Crippen LogP contribution in [0.3, 0.4) is 0 Å². The summed E-state index contributed by atoms with van der Waals surface area (Å²) in [5, 5.41) is 0.582. The zero-order valence-electron chi connectivity index (χ0n) is 10.4. The highest BCUT2D eigenvalue weighted by Gasteiger charge is 2.16. The number of methoxy groups -OCH3 is 2. The average molecular weight is 253 g/mol. The molecule has 0 saturated carbocycles. The van der Waals surface area contributed by atoms with E-state index in [1.807, 2.05) is 6.07 Å². The summed E-state index contributed by atoms with van der Waals surface area (Å²) in [7, 11) is 3.22. The van der Waals surface area contributed by atoms with E-state index in [2.05, 4.69) is 12.8 Å². The molecular weight excluding hydrogens is 236 g/mol. The van der Waals surface area contributed by atoms with Crippen molar-refractivity contribution in [1.82, 2.24) is 0 Å². The van der Waals surface area contributed by atoms with E-state index in [-0.39, 0.29) is 5.92 Å². The first-order valence-corrected chi connectivity index (χ1v) is 5.90. The van der Waals surface area contributed by atoms with Gasteiger partial charge in [-0.1, -0.05) is 18.5 Å². The van der Waals surface area contributed by atoms with Gasteiger partial charge < -0.3 is 9.47 Å². The van der Waals surface area contributed by atoms with E-state index in [0.29, 0.717) is 17.2 Å². The minimum atomic E-state index is 0.262. The summed E-state index contributed by atoms with van der Waals surface area (Å²) in [6, 6.07) is 3.68. The van der Waals surface area contributed by atoms with Crippen molar-refractivity contribution in [2.75, 3.05) is 14.2 Å². The van der Waals surface area contributed by atoms with Crippen LogP contribution in [0.15, 0.2) is 12.1 Å². The minimum Gasteiger partial charge on any atom is -0.496 e. The number of hydrogen-bond acceptors (Lipinski definition) is 2. The fourth-order valence-electron chi connectivity index (χ4n) is 1.82. The Morgan fingerprint density at radius 3 is 2.41 bits per heavy atom. The third kappa shape index (κ3) is 3.08. The number of halogens is 1. The molecule has 0 aliphatic rings. The van der Waals surface area contributed by atoms with Gasteiger partial charge in [0.1, 0.15) is 11.5 Å². The summed E-state index contributed by atoms with van der Waals surface area (Å²) in [6.07, 6.45) is 7.00. The molecule has 0 heterocycles. The van der Waals surface area contributed by atoms with Crippen molar-refractivity contribution >= 4 is 11.6 Å². The largest absolute Gasteiger partial charge is 0.496 e. The number of rotatable bonds is 5. The topological polar surface area (TPSA) is 18.5 Å². The van der Waals surface area contributed by atoms with Crippen LogP contribution in [0.2, 0.25) is 5.02 Å². The molecule has 0 radical (unpaired) electrons. The van der Waals surface area contributed by atoms with Crippen molar-refractivity contribution in [3.63, 3.8) is 0 Å². The molecule has 1 rings (SSSR count). The van der Waals surface area contributed by atoms with Crippen molar-refractivity contribution in [3.05, 3.63) is 22.7 Å². The van der Waals surface area contributed by atoms with E-state index in [9.17, 15) is 0 Å². The smallest absolute Gasteiger partial charge is 0.141 e. The highest BCUT2D eigenvalue weighted by Crippen LogP contribution is 2.38. The third-order valence-corrected chi connectivity index (χ3v) is 3.10. The minimum absolute atomic E-state index is 0.262. The van der Waals surface area contributed by atoms with Crippen LogP contribution in [-0.2, 0) is 0 Å². The molecule has 0 amide bonds. The summed E-state index contributed by atoms with van der Waals surface area (Å²) in [5.74, 6) is 4.33. The number of ether oxygens (including phenoxy) is 2. The average Bonchev–Trinajstić information content (AvgIpc) is 2.35. The lowest BCUT2D eigenvalue weighted by Gasteiger charge is -2.18. The van der Waals surface area contributed by atoms with Gasteiger partial charge in [0.25, 0.3) is 0 Å². The predicted molar refractivity (Wildman–Crippen MR) is 71.0 cm³/mol. The molecule has 0 spiro atoms. The molecule has 0 aromatic heterocycles. The maximum absolute atomic E-state index is 6.13. The van der Waals surface area contributed by atoms with Gasteiger partial charge in [-0.2, -0.15) is 0 Å². The van der Waals surface area contributed by atoms with Crippen LogP contribution < -0.4 is 9.47 Å². The molecule has 0 N–H and O–H groups in total. The Kier molecular flexibility index (Phi) is 5.18. The Labute approximate surface area is 108 Å². The molecule has 17 heavy (non-hydrogen) atoms. The van der Waals surface area contributed by atoms with Gasteiger partial charge in [-0.3, -0.25) is 0 Å². The fourth-order valence-corrected chi connectivity index (χ4v) is 2.07. The maximum atomic E-state index is 6.13. The lowest BCUT2D eigenvalue weighted by Crippen LogP contribution is -2.01. The van der Waals surface area contributed by atoms with Crippen molar-refractivity contribution in [2.45, 2.75) is 25.7 Å². The Bertz CT molecular complexity index is 421. The van der Waals surface area contributed by atoms with Crippen molar-refractivity contribution in [2.24, 2.45) is 0 Å². The van der Waals surface area contributed by atoms with Gasteiger partial charge >= 0.3 is 0 Å². The first-order valence-electron chi connectivity index (χ1n) is 5.52. The predicted octanol–water partition coefficient (Wildman–Crippen LogP) is 3.87. The first-order chi connectivity index (χ1) is 8.17. The zero-order valence-corrected chi connectivity index (χ0v) is 11.2. The lowest BCUT2D eigenvalue weighted by atomic mass is 9.92. The maximum Gasteiger partial charge on any atom is 0.141 e. The molecule has 2 nitrogen and oxygen atoms in total. The highest BCUT2D eigenvalue weighted by atomic mass is 35.5. The molecule has 1 unspecified atom stereocenters. The lowest BCUT2D eigenvalue weighted by molar-refractivity contribution is 0.388. The van der Waals surface area contributed by atoms with Crippen LogP contribution in [0.25, 0.3) is 0 Å². The van der Waals surface area contributed by atoms with Crippen LogP contribution in [0.1, 0.15) is 31.2 Å². The van der Waals surface area contributed by atoms with Crippen LogP contribution >= 0.6 is 11.6 Å². The quantitative estimate of drug-likeness (QED) is 0.741. The molecule has 0 bridgehead atoms. The van der Waals surface area contributed by atoms with Gasteiger partial charge in [0.15, 0.2) is 0 Å². The standard InChI is InChI=1S/C14H17ClO2/c1-5-7-10(6-2)11-8-12(15)14(17-4)9-13(11)16-3/h1,8-10H,6-7H2,2-4H3. The van der Waals surface area contributed by atoms with E-state index in [1.165, 1.54) is 0 Å². The van der Waals surface area contributed by atoms with E-state index >= 15 is 0 Å². The summed E-state index contributed by atoms with van der Waals surface area (Å²) in [4.78, 5) is 0. The molecule has 0 saturated heterocycles. The van der Waals surface area contributed by atoms with Gasteiger partial charge in [-0.25, -0.2) is 0 Å². The molecule has 0 aliphatic heterocycles. The van der Waals surface area contributed by atoms with Crippen LogP contribution in [-0.4, -0.2) is 14.2 Å². The second-order valence-corrected chi connectivity index (χ2v) is 4.15. The number of hydrogen-bond donors (Lipinski definition) is 0. The van der Waals surface area contributed by atoms with E-state index in [0.717, 1.165) is 17.7 Å². The zero-order chi connectivity index (χ0) is 12.8. The van der Waals surface area contributed by atoms with E-state index in [4.69, 9.17) is 27.5 Å². The third-order valence-electron chi connectivity index (χ3n) is 2.80. The second-order valence-electron chi connectivity index (χ2n) is 3.74. The van der Waals surface area contributed by atoms with E-state index < -0.39 is 0 Å². The van der Waals surface area contributed by atoms with Gasteiger partial charge in [-0.05, 0) is 24.0 Å². The van der Waals surface area contributed by atoms with Gasteiger partial charge in [-0.15, -0.1) is 12.3 Å². The highest BCUT2D eigenvalue weighted by molar-refractivity contribution is 6.32. The molecule has 0 fully saturated rings. The monoisotopic (exact) mass is 252 g/mol. The Morgan fingerprint density at radius 2 is 1.94 bits per heavy atom. The summed E-state index contributed by atoms with van der Waals surface area (Å²) < 4.78 is 10.5. The normalized spacial score (nSPS) is 11.7. The van der Waals surface area contributed by atoms with Crippen molar-refractivity contribution in [3.8, 4) is 23.8 Å². The summed E-state index contributed by atoms with van der Waals surface area (Å²) >= 11 is 6.13. The van der Waals surface area contributed by atoms with Gasteiger partial charge in [0.2, 0.25) is 0 Å². The summed E-state index contributed by atoms with van der Waals surface area (Å²) in [6.45, 7) is 2.10. The molecule has 3 heteroatoms. The molecule has 0 aliphatic carbocycles. The molecule has 1 atom stereocenters. The van der Waals surface area contributed by atoms with Crippen molar-refractivity contribution in [1.29, 1.82) is 0 Å². The van der Waals surface area contributed by atoms with Crippen LogP contribution in [0.4, 0.5) is 0 Å². The van der Waals surface area contributed by atoms with Crippen LogP contribution in [0.5, 0.6) is 11.5 Å². The number of terminal acetylenes is 1. The number of benzene rings is 1. The Balaban J connectivity index is 3.22. The molecule has 1 aromatic carbocycles. The second kappa shape index (κ2) is 6.42. The van der Waals surface area contributed by atoms with E-state index in [1.54, 1.807) is 20.3 Å². The fraction of sp³-hybridized carbons (Fsp3) is 0.429. The molecule has 1 aromatic rings. The first kappa shape index (κ1) is 13.7.